The second kappa shape index (κ2) is 5.12. The summed E-state index contributed by atoms with van der Waals surface area (Å²) < 4.78 is 4.61. The molecule has 2 rings (SSSR count). The summed E-state index contributed by atoms with van der Waals surface area (Å²) in [5.74, 6) is -0.307. The quantitative estimate of drug-likeness (QED) is 0.780. The third kappa shape index (κ3) is 2.61. The lowest BCUT2D eigenvalue weighted by Crippen LogP contribution is -2.18. The van der Waals surface area contributed by atoms with Crippen molar-refractivity contribution in [2.45, 2.75) is 32.2 Å². The first-order valence-corrected chi connectivity index (χ1v) is 5.63. The first-order chi connectivity index (χ1) is 7.65. The Morgan fingerprint density at radius 2 is 1.75 bits per heavy atom. The molecule has 0 aliphatic heterocycles. The summed E-state index contributed by atoms with van der Waals surface area (Å²) in [5.41, 5.74) is 7.55. The molecule has 88 valence electrons. The maximum atomic E-state index is 11.1. The van der Waals surface area contributed by atoms with Gasteiger partial charge in [-0.15, -0.1) is 0 Å². The third-order valence-electron chi connectivity index (χ3n) is 2.67. The summed E-state index contributed by atoms with van der Waals surface area (Å²) in [6.07, 6.45) is 2.06. The lowest BCUT2D eigenvalue weighted by Gasteiger charge is -2.08. The Morgan fingerprint density at radius 3 is 2.12 bits per heavy atom. The standard InChI is InChI=1S/C11H13NO2.C2H6/c1-14-10(13)8-2-4-9(5-3-8)11(12)6-7-11;1-2/h2-5H,6-7,12H2,1H3;1-2H3. The predicted octanol–water partition coefficient (Wildman–Crippen LogP) is 2.45. The van der Waals surface area contributed by atoms with Gasteiger partial charge in [-0.1, -0.05) is 26.0 Å². The second-order valence-corrected chi connectivity index (χ2v) is 3.73. The van der Waals surface area contributed by atoms with Crippen molar-refractivity contribution in [2.24, 2.45) is 5.73 Å². The van der Waals surface area contributed by atoms with Gasteiger partial charge < -0.3 is 10.5 Å². The van der Waals surface area contributed by atoms with Crippen LogP contribution < -0.4 is 5.73 Å². The zero-order valence-corrected chi connectivity index (χ0v) is 10.1. The van der Waals surface area contributed by atoms with Crippen LogP contribution in [-0.2, 0) is 10.3 Å². The fourth-order valence-corrected chi connectivity index (χ4v) is 1.48. The van der Waals surface area contributed by atoms with Crippen molar-refractivity contribution in [1.29, 1.82) is 0 Å². The number of carbonyl (C=O) groups is 1. The number of hydrogen-bond acceptors (Lipinski definition) is 3. The number of nitrogens with two attached hydrogens (primary N) is 1. The number of methoxy groups -OCH3 is 1. The monoisotopic (exact) mass is 221 g/mol. The van der Waals surface area contributed by atoms with Crippen molar-refractivity contribution in [3.63, 3.8) is 0 Å². The molecular formula is C13H19NO2. The molecule has 3 heteroatoms. The van der Waals surface area contributed by atoms with Crippen LogP contribution in [0.25, 0.3) is 0 Å². The SMILES string of the molecule is CC.COC(=O)c1ccc(C2(N)CC2)cc1. The molecule has 0 saturated heterocycles. The first kappa shape index (κ1) is 12.7. The van der Waals surface area contributed by atoms with Crippen LogP contribution in [0.2, 0.25) is 0 Å². The summed E-state index contributed by atoms with van der Waals surface area (Å²) in [5, 5.41) is 0. The molecule has 1 aromatic rings. The van der Waals surface area contributed by atoms with Gasteiger partial charge in [0.2, 0.25) is 0 Å². The van der Waals surface area contributed by atoms with E-state index in [9.17, 15) is 4.79 Å². The largest absolute Gasteiger partial charge is 0.465 e. The number of esters is 1. The zero-order chi connectivity index (χ0) is 12.2. The Kier molecular flexibility index (Phi) is 4.07. The zero-order valence-electron chi connectivity index (χ0n) is 10.1. The smallest absolute Gasteiger partial charge is 0.337 e. The molecule has 0 heterocycles. The summed E-state index contributed by atoms with van der Waals surface area (Å²) in [6, 6.07) is 7.32. The van der Waals surface area contributed by atoms with E-state index in [0.29, 0.717) is 5.56 Å². The molecule has 1 aliphatic rings. The van der Waals surface area contributed by atoms with Gasteiger partial charge in [0, 0.05) is 5.54 Å². The van der Waals surface area contributed by atoms with Gasteiger partial charge in [-0.2, -0.15) is 0 Å². The minimum atomic E-state index is -0.307. The fourth-order valence-electron chi connectivity index (χ4n) is 1.48. The number of hydrogen-bond donors (Lipinski definition) is 1. The van der Waals surface area contributed by atoms with Crippen molar-refractivity contribution in [2.75, 3.05) is 7.11 Å². The van der Waals surface area contributed by atoms with Gasteiger partial charge in [-0.05, 0) is 30.5 Å². The Balaban J connectivity index is 0.000000606. The van der Waals surface area contributed by atoms with Crippen LogP contribution in [0.4, 0.5) is 0 Å². The van der Waals surface area contributed by atoms with E-state index in [1.165, 1.54) is 7.11 Å². The van der Waals surface area contributed by atoms with E-state index in [1.54, 1.807) is 12.1 Å². The third-order valence-corrected chi connectivity index (χ3v) is 2.67. The maximum Gasteiger partial charge on any atom is 0.337 e. The topological polar surface area (TPSA) is 52.3 Å². The van der Waals surface area contributed by atoms with Gasteiger partial charge in [0.05, 0.1) is 12.7 Å². The van der Waals surface area contributed by atoms with Crippen molar-refractivity contribution < 1.29 is 9.53 Å². The molecule has 3 nitrogen and oxygen atoms in total. The van der Waals surface area contributed by atoms with Crippen LogP contribution in [0.3, 0.4) is 0 Å². The number of carbonyl (C=O) groups excluding carboxylic acids is 1. The highest BCUT2D eigenvalue weighted by Crippen LogP contribution is 2.42. The summed E-state index contributed by atoms with van der Waals surface area (Å²) >= 11 is 0. The molecule has 16 heavy (non-hydrogen) atoms. The first-order valence-electron chi connectivity index (χ1n) is 5.63. The molecule has 0 bridgehead atoms. The molecule has 0 atom stereocenters. The molecule has 2 N–H and O–H groups in total. The Hall–Kier alpha value is -1.35. The number of benzene rings is 1. The second-order valence-electron chi connectivity index (χ2n) is 3.73. The van der Waals surface area contributed by atoms with E-state index >= 15 is 0 Å². The highest BCUT2D eigenvalue weighted by atomic mass is 16.5. The summed E-state index contributed by atoms with van der Waals surface area (Å²) in [4.78, 5) is 11.1. The number of ether oxygens (including phenoxy) is 1. The predicted molar refractivity (Wildman–Crippen MR) is 64.2 cm³/mol. The van der Waals surface area contributed by atoms with Gasteiger partial charge in [0.25, 0.3) is 0 Å². The van der Waals surface area contributed by atoms with Gasteiger partial charge >= 0.3 is 5.97 Å². The van der Waals surface area contributed by atoms with Crippen LogP contribution in [0.1, 0.15) is 42.6 Å². The molecule has 0 unspecified atom stereocenters. The molecule has 1 saturated carbocycles. The van der Waals surface area contributed by atoms with Crippen molar-refractivity contribution in [3.8, 4) is 0 Å². The minimum absolute atomic E-state index is 0.130. The van der Waals surface area contributed by atoms with Crippen molar-refractivity contribution in [3.05, 3.63) is 35.4 Å². The van der Waals surface area contributed by atoms with E-state index < -0.39 is 0 Å². The average Bonchev–Trinajstić information content (AvgIpc) is 3.10. The van der Waals surface area contributed by atoms with Crippen LogP contribution in [-0.4, -0.2) is 13.1 Å². The van der Waals surface area contributed by atoms with Gasteiger partial charge in [-0.25, -0.2) is 4.79 Å². The molecular weight excluding hydrogens is 202 g/mol. The van der Waals surface area contributed by atoms with E-state index in [1.807, 2.05) is 26.0 Å². The van der Waals surface area contributed by atoms with Crippen molar-refractivity contribution >= 4 is 5.97 Å². The van der Waals surface area contributed by atoms with Gasteiger partial charge in [-0.3, -0.25) is 0 Å². The Morgan fingerprint density at radius 1 is 1.25 bits per heavy atom. The molecule has 0 radical (unpaired) electrons. The van der Waals surface area contributed by atoms with Crippen LogP contribution in [0.5, 0.6) is 0 Å². The Labute approximate surface area is 96.6 Å². The lowest BCUT2D eigenvalue weighted by molar-refractivity contribution is 0.0600. The highest BCUT2D eigenvalue weighted by Gasteiger charge is 2.39. The van der Waals surface area contributed by atoms with Crippen molar-refractivity contribution in [1.82, 2.24) is 0 Å². The lowest BCUT2D eigenvalue weighted by atomic mass is 10.0. The van der Waals surface area contributed by atoms with Crippen LogP contribution in [0.15, 0.2) is 24.3 Å². The Bertz CT molecular complexity index is 353. The van der Waals surface area contributed by atoms with E-state index in [2.05, 4.69) is 4.74 Å². The van der Waals surface area contributed by atoms with Gasteiger partial charge in [0.1, 0.15) is 0 Å². The van der Waals surface area contributed by atoms with Crippen LogP contribution in [0, 0.1) is 0 Å². The highest BCUT2D eigenvalue weighted by molar-refractivity contribution is 5.89. The molecule has 0 spiro atoms. The summed E-state index contributed by atoms with van der Waals surface area (Å²) in [7, 11) is 1.38. The minimum Gasteiger partial charge on any atom is -0.465 e. The normalized spacial score (nSPS) is 15.8. The molecule has 1 aromatic carbocycles. The van der Waals surface area contributed by atoms with Crippen LogP contribution >= 0.6 is 0 Å². The van der Waals surface area contributed by atoms with E-state index in [-0.39, 0.29) is 11.5 Å². The molecule has 0 amide bonds. The molecule has 0 aromatic heterocycles. The fraction of sp³-hybridized carbons (Fsp3) is 0.462. The summed E-state index contributed by atoms with van der Waals surface area (Å²) in [6.45, 7) is 4.00. The molecule has 1 aliphatic carbocycles. The van der Waals surface area contributed by atoms with E-state index in [0.717, 1.165) is 18.4 Å². The average molecular weight is 221 g/mol. The van der Waals surface area contributed by atoms with E-state index in [4.69, 9.17) is 5.73 Å². The molecule has 1 fully saturated rings. The maximum absolute atomic E-state index is 11.1. The van der Waals surface area contributed by atoms with Gasteiger partial charge in [0.15, 0.2) is 0 Å². The number of rotatable bonds is 2.